The number of H-pyrrole nitrogens is 1. The van der Waals surface area contributed by atoms with E-state index in [1.54, 1.807) is 13.8 Å². The van der Waals surface area contributed by atoms with E-state index >= 15 is 0 Å². The molecule has 0 saturated carbocycles. The van der Waals surface area contributed by atoms with Crippen molar-refractivity contribution in [2.75, 3.05) is 5.73 Å². The molecule has 0 aromatic carbocycles. The third-order valence-corrected chi connectivity index (χ3v) is 4.09. The molecule has 0 aliphatic carbocycles. The molecule has 8 nitrogen and oxygen atoms in total. The summed E-state index contributed by atoms with van der Waals surface area (Å²) in [7, 11) is -3.67. The van der Waals surface area contributed by atoms with Crippen LogP contribution in [0.5, 0.6) is 0 Å². The standard InChI is InChI=1S/C9H13N5O3S/c1-5-8(6(2)17-14-5)18(15,16)12-4-7-3-11-13-9(7)10/h3,12H,4H2,1-2H3,(H3,10,11,13). The molecular weight excluding hydrogens is 258 g/mol. The van der Waals surface area contributed by atoms with E-state index < -0.39 is 10.0 Å². The number of anilines is 1. The van der Waals surface area contributed by atoms with Crippen molar-refractivity contribution in [3.8, 4) is 0 Å². The van der Waals surface area contributed by atoms with E-state index in [0.717, 1.165) is 0 Å². The summed E-state index contributed by atoms with van der Waals surface area (Å²) in [6.45, 7) is 3.16. The van der Waals surface area contributed by atoms with Gasteiger partial charge in [-0.05, 0) is 13.8 Å². The molecule has 2 aromatic rings. The summed E-state index contributed by atoms with van der Waals surface area (Å²) >= 11 is 0. The van der Waals surface area contributed by atoms with E-state index in [4.69, 9.17) is 10.3 Å². The molecule has 2 heterocycles. The molecule has 98 valence electrons. The number of aromatic amines is 1. The van der Waals surface area contributed by atoms with Gasteiger partial charge in [0.15, 0.2) is 5.76 Å². The lowest BCUT2D eigenvalue weighted by atomic mass is 10.3. The Morgan fingerprint density at radius 2 is 2.22 bits per heavy atom. The maximum absolute atomic E-state index is 12.1. The van der Waals surface area contributed by atoms with E-state index in [1.165, 1.54) is 6.20 Å². The second-order valence-corrected chi connectivity index (χ2v) is 5.49. The Morgan fingerprint density at radius 3 is 2.72 bits per heavy atom. The number of hydrogen-bond acceptors (Lipinski definition) is 6. The molecule has 18 heavy (non-hydrogen) atoms. The highest BCUT2D eigenvalue weighted by atomic mass is 32.2. The molecule has 0 atom stereocenters. The lowest BCUT2D eigenvalue weighted by molar-refractivity contribution is 0.390. The van der Waals surface area contributed by atoms with Crippen LogP contribution in [0.1, 0.15) is 17.0 Å². The Labute approximate surface area is 104 Å². The highest BCUT2D eigenvalue weighted by Crippen LogP contribution is 2.19. The molecule has 0 radical (unpaired) electrons. The van der Waals surface area contributed by atoms with Crippen molar-refractivity contribution in [2.24, 2.45) is 0 Å². The molecule has 0 aliphatic rings. The molecule has 0 amide bonds. The van der Waals surface area contributed by atoms with Crippen LogP contribution in [-0.2, 0) is 16.6 Å². The first-order valence-corrected chi connectivity index (χ1v) is 6.60. The molecule has 0 unspecified atom stereocenters. The van der Waals surface area contributed by atoms with E-state index in [2.05, 4.69) is 20.1 Å². The van der Waals surface area contributed by atoms with Gasteiger partial charge in [-0.25, -0.2) is 13.1 Å². The minimum absolute atomic E-state index is 0.0503. The highest BCUT2D eigenvalue weighted by Gasteiger charge is 2.24. The van der Waals surface area contributed by atoms with Crippen LogP contribution in [0.4, 0.5) is 5.82 Å². The predicted octanol–water partition coefficient (Wildman–Crippen LogP) is 0.0752. The first kappa shape index (κ1) is 12.6. The summed E-state index contributed by atoms with van der Waals surface area (Å²) in [6, 6.07) is 0. The van der Waals surface area contributed by atoms with Crippen LogP contribution in [0.15, 0.2) is 15.6 Å². The quantitative estimate of drug-likeness (QED) is 0.722. The van der Waals surface area contributed by atoms with Crippen molar-refractivity contribution in [1.29, 1.82) is 0 Å². The van der Waals surface area contributed by atoms with Gasteiger partial charge in [-0.1, -0.05) is 5.16 Å². The Kier molecular flexibility index (Phi) is 3.09. The average molecular weight is 271 g/mol. The number of hydrogen-bond donors (Lipinski definition) is 3. The molecule has 0 aliphatic heterocycles. The van der Waals surface area contributed by atoms with Crippen molar-refractivity contribution in [3.63, 3.8) is 0 Å². The van der Waals surface area contributed by atoms with Crippen LogP contribution in [0.3, 0.4) is 0 Å². The van der Waals surface area contributed by atoms with Crippen molar-refractivity contribution in [1.82, 2.24) is 20.1 Å². The molecule has 0 saturated heterocycles. The van der Waals surface area contributed by atoms with Crippen LogP contribution in [0.25, 0.3) is 0 Å². The van der Waals surface area contributed by atoms with Crippen LogP contribution in [0, 0.1) is 13.8 Å². The van der Waals surface area contributed by atoms with E-state index in [-0.39, 0.29) is 17.2 Å². The number of aryl methyl sites for hydroxylation is 2. The maximum atomic E-state index is 12.1. The number of aromatic nitrogens is 3. The van der Waals surface area contributed by atoms with Gasteiger partial charge < -0.3 is 10.3 Å². The molecule has 0 fully saturated rings. The van der Waals surface area contributed by atoms with E-state index in [9.17, 15) is 8.42 Å². The van der Waals surface area contributed by atoms with Crippen LogP contribution in [0.2, 0.25) is 0 Å². The Morgan fingerprint density at radius 1 is 1.50 bits per heavy atom. The molecular formula is C9H13N5O3S. The minimum Gasteiger partial charge on any atom is -0.384 e. The van der Waals surface area contributed by atoms with Gasteiger partial charge in [-0.15, -0.1) is 0 Å². The molecule has 2 rings (SSSR count). The van der Waals surface area contributed by atoms with Gasteiger partial charge in [0.1, 0.15) is 16.4 Å². The molecule has 9 heteroatoms. The second-order valence-electron chi connectivity index (χ2n) is 3.79. The number of nitrogens with one attached hydrogen (secondary N) is 2. The SMILES string of the molecule is Cc1noc(C)c1S(=O)(=O)NCc1cn[nH]c1N. The fourth-order valence-corrected chi connectivity index (χ4v) is 2.90. The van der Waals surface area contributed by atoms with Gasteiger partial charge in [0.05, 0.1) is 6.20 Å². The summed E-state index contributed by atoms with van der Waals surface area (Å²) in [5.41, 5.74) is 6.46. The number of nitrogens with two attached hydrogens (primary N) is 1. The number of nitrogens with zero attached hydrogens (tertiary/aromatic N) is 2. The van der Waals surface area contributed by atoms with Gasteiger partial charge in [0, 0.05) is 12.1 Å². The van der Waals surface area contributed by atoms with E-state index in [1.807, 2.05) is 0 Å². The summed E-state index contributed by atoms with van der Waals surface area (Å²) in [5, 5.41) is 9.84. The average Bonchev–Trinajstić information content (AvgIpc) is 2.83. The third kappa shape index (κ3) is 2.22. The molecule has 0 bridgehead atoms. The van der Waals surface area contributed by atoms with Gasteiger partial charge in [-0.2, -0.15) is 5.10 Å². The zero-order valence-corrected chi connectivity index (χ0v) is 10.7. The largest absolute Gasteiger partial charge is 0.384 e. The Bertz CT molecular complexity index is 638. The Hall–Kier alpha value is -1.87. The topological polar surface area (TPSA) is 127 Å². The van der Waals surface area contributed by atoms with Crippen molar-refractivity contribution >= 4 is 15.8 Å². The van der Waals surface area contributed by atoms with Crippen LogP contribution in [-0.4, -0.2) is 23.8 Å². The van der Waals surface area contributed by atoms with Gasteiger partial charge in [0.25, 0.3) is 0 Å². The molecule has 4 N–H and O–H groups in total. The molecule has 2 aromatic heterocycles. The van der Waals surface area contributed by atoms with E-state index in [0.29, 0.717) is 17.1 Å². The van der Waals surface area contributed by atoms with Gasteiger partial charge in [-0.3, -0.25) is 5.10 Å². The minimum atomic E-state index is -3.67. The maximum Gasteiger partial charge on any atom is 0.246 e. The van der Waals surface area contributed by atoms with Crippen LogP contribution < -0.4 is 10.5 Å². The van der Waals surface area contributed by atoms with Crippen molar-refractivity contribution in [3.05, 3.63) is 23.2 Å². The van der Waals surface area contributed by atoms with Gasteiger partial charge in [0.2, 0.25) is 10.0 Å². The van der Waals surface area contributed by atoms with Gasteiger partial charge >= 0.3 is 0 Å². The number of rotatable bonds is 4. The first-order valence-electron chi connectivity index (χ1n) is 5.12. The third-order valence-electron chi connectivity index (χ3n) is 2.44. The fourth-order valence-electron chi connectivity index (χ4n) is 1.57. The summed E-state index contributed by atoms with van der Waals surface area (Å²) in [5.74, 6) is 0.580. The fraction of sp³-hybridized carbons (Fsp3) is 0.333. The zero-order chi connectivity index (χ0) is 13.3. The monoisotopic (exact) mass is 271 g/mol. The van der Waals surface area contributed by atoms with Crippen molar-refractivity contribution < 1.29 is 12.9 Å². The van der Waals surface area contributed by atoms with Crippen LogP contribution >= 0.6 is 0 Å². The highest BCUT2D eigenvalue weighted by molar-refractivity contribution is 7.89. The van der Waals surface area contributed by atoms with Crippen molar-refractivity contribution in [2.45, 2.75) is 25.3 Å². The first-order chi connectivity index (χ1) is 8.42. The summed E-state index contributed by atoms with van der Waals surface area (Å²) < 4.78 is 31.4. The normalized spacial score (nSPS) is 11.9. The lowest BCUT2D eigenvalue weighted by Crippen LogP contribution is -2.24. The number of sulfonamides is 1. The number of nitrogen functional groups attached to an aromatic ring is 1. The smallest absolute Gasteiger partial charge is 0.246 e. The summed E-state index contributed by atoms with van der Waals surface area (Å²) in [6.07, 6.45) is 1.46. The Balaban J connectivity index is 2.21. The molecule has 0 spiro atoms. The lowest BCUT2D eigenvalue weighted by Gasteiger charge is -2.05. The summed E-state index contributed by atoms with van der Waals surface area (Å²) in [4.78, 5) is 0.0598. The zero-order valence-electron chi connectivity index (χ0n) is 9.89. The second kappa shape index (κ2) is 4.42. The predicted molar refractivity (Wildman–Crippen MR) is 63.0 cm³/mol.